The second-order valence-electron chi connectivity index (χ2n) is 3.17. The van der Waals surface area contributed by atoms with Crippen molar-refractivity contribution in [3.05, 3.63) is 34.9 Å². The maximum absolute atomic E-state index is 12.6. The highest BCUT2D eigenvalue weighted by atomic mass is 19.4. The van der Waals surface area contributed by atoms with Gasteiger partial charge in [-0.3, -0.25) is 0 Å². The summed E-state index contributed by atoms with van der Waals surface area (Å²) in [6.07, 6.45) is -11.0. The summed E-state index contributed by atoms with van der Waals surface area (Å²) < 4.78 is 74.9. The average molecular weight is 253 g/mol. The molecule has 1 nitrogen and oxygen atoms in total. The Morgan fingerprint density at radius 3 is 2.00 bits per heavy atom. The van der Waals surface area contributed by atoms with Gasteiger partial charge in [0.25, 0.3) is 0 Å². The monoisotopic (exact) mass is 253 g/mol. The second-order valence-corrected chi connectivity index (χ2v) is 3.17. The van der Waals surface area contributed by atoms with Crippen LogP contribution in [0, 0.1) is 11.3 Å². The summed E-state index contributed by atoms with van der Waals surface area (Å²) in [5.74, 6) is 0. The third kappa shape index (κ3) is 2.90. The van der Waals surface area contributed by atoms with Crippen LogP contribution in [0.1, 0.15) is 16.7 Å². The molecular weight excluding hydrogens is 248 g/mol. The molecule has 0 heterocycles. The van der Waals surface area contributed by atoms with Gasteiger partial charge in [-0.2, -0.15) is 31.6 Å². The van der Waals surface area contributed by atoms with Crippen molar-refractivity contribution in [2.24, 2.45) is 0 Å². The zero-order valence-corrected chi connectivity index (χ0v) is 8.15. The van der Waals surface area contributed by atoms with Gasteiger partial charge in [0, 0.05) is 0 Å². The van der Waals surface area contributed by atoms with E-state index in [-0.39, 0.29) is 0 Å². The molecule has 0 aromatic heterocycles. The van der Waals surface area contributed by atoms with Gasteiger partial charge in [-0.1, -0.05) is 12.1 Å². The predicted octanol–water partition coefficient (Wildman–Crippen LogP) is 3.79. The molecule has 0 bridgehead atoms. The van der Waals surface area contributed by atoms with Gasteiger partial charge in [-0.05, 0) is 11.6 Å². The Kier molecular flexibility index (Phi) is 3.36. The zero-order valence-electron chi connectivity index (χ0n) is 8.15. The first kappa shape index (κ1) is 13.4. The molecule has 0 aliphatic carbocycles. The van der Waals surface area contributed by atoms with E-state index >= 15 is 0 Å². The van der Waals surface area contributed by atoms with Crippen molar-refractivity contribution in [3.63, 3.8) is 0 Å². The number of nitriles is 1. The first-order valence-electron chi connectivity index (χ1n) is 4.31. The van der Waals surface area contributed by atoms with Crippen LogP contribution in [0.4, 0.5) is 26.3 Å². The maximum Gasteiger partial charge on any atom is 0.417 e. The van der Waals surface area contributed by atoms with Gasteiger partial charge in [0.1, 0.15) is 0 Å². The van der Waals surface area contributed by atoms with Crippen molar-refractivity contribution in [1.82, 2.24) is 0 Å². The fourth-order valence-corrected chi connectivity index (χ4v) is 1.40. The Morgan fingerprint density at radius 1 is 1.00 bits per heavy atom. The smallest absolute Gasteiger partial charge is 0.198 e. The molecular formula is C10H5F6N. The number of halogens is 6. The third-order valence-corrected chi connectivity index (χ3v) is 2.01. The van der Waals surface area contributed by atoms with Gasteiger partial charge in [0.2, 0.25) is 0 Å². The van der Waals surface area contributed by atoms with Crippen molar-refractivity contribution >= 4 is 0 Å². The first-order chi connectivity index (χ1) is 7.68. The van der Waals surface area contributed by atoms with Crippen LogP contribution < -0.4 is 0 Å². The lowest BCUT2D eigenvalue weighted by Gasteiger charge is -2.17. The summed E-state index contributed by atoms with van der Waals surface area (Å²) in [4.78, 5) is 0. The van der Waals surface area contributed by atoms with E-state index in [9.17, 15) is 26.3 Å². The minimum absolute atomic E-state index is 0.351. The number of alkyl halides is 6. The molecule has 0 aliphatic heterocycles. The molecule has 0 radical (unpaired) electrons. The summed E-state index contributed by atoms with van der Waals surface area (Å²) in [7, 11) is 0. The number of rotatable bonds is 1. The predicted molar refractivity (Wildman–Crippen MR) is 45.8 cm³/mol. The van der Waals surface area contributed by atoms with Crippen molar-refractivity contribution in [3.8, 4) is 6.07 Å². The first-order valence-corrected chi connectivity index (χ1v) is 4.31. The minimum atomic E-state index is -5.14. The SMILES string of the molecule is N#CCc1cccc(C(F)(F)F)c1C(F)(F)F. The fraction of sp³-hybridized carbons (Fsp3) is 0.300. The lowest BCUT2D eigenvalue weighted by atomic mass is 9.98. The Hall–Kier alpha value is -1.71. The van der Waals surface area contributed by atoms with Gasteiger partial charge in [-0.15, -0.1) is 0 Å². The van der Waals surface area contributed by atoms with Crippen LogP contribution in [-0.2, 0) is 18.8 Å². The molecule has 1 rings (SSSR count). The molecule has 0 spiro atoms. The molecule has 0 fully saturated rings. The molecule has 17 heavy (non-hydrogen) atoms. The largest absolute Gasteiger partial charge is 0.417 e. The van der Waals surface area contributed by atoms with Gasteiger partial charge >= 0.3 is 12.4 Å². The number of nitrogens with zero attached hydrogens (tertiary/aromatic N) is 1. The van der Waals surface area contributed by atoms with Crippen molar-refractivity contribution in [2.75, 3.05) is 0 Å². The van der Waals surface area contributed by atoms with E-state index in [0.29, 0.717) is 6.07 Å². The molecule has 0 saturated heterocycles. The molecule has 1 aromatic carbocycles. The van der Waals surface area contributed by atoms with E-state index in [1.165, 1.54) is 6.07 Å². The van der Waals surface area contributed by atoms with E-state index in [0.717, 1.165) is 12.1 Å². The van der Waals surface area contributed by atoms with Gasteiger partial charge in [0.05, 0.1) is 23.6 Å². The van der Waals surface area contributed by atoms with E-state index in [2.05, 4.69) is 0 Å². The van der Waals surface area contributed by atoms with Crippen LogP contribution in [0.3, 0.4) is 0 Å². The van der Waals surface area contributed by atoms with Crippen LogP contribution in [0.25, 0.3) is 0 Å². The van der Waals surface area contributed by atoms with E-state index < -0.39 is 35.5 Å². The van der Waals surface area contributed by atoms with E-state index in [1.807, 2.05) is 0 Å². The summed E-state index contributed by atoms with van der Waals surface area (Å²) >= 11 is 0. The fourth-order valence-electron chi connectivity index (χ4n) is 1.40. The molecule has 0 aliphatic rings. The quantitative estimate of drug-likeness (QED) is 0.698. The molecule has 92 valence electrons. The van der Waals surface area contributed by atoms with Crippen LogP contribution in [0.15, 0.2) is 18.2 Å². The molecule has 0 unspecified atom stereocenters. The van der Waals surface area contributed by atoms with Crippen LogP contribution in [0.5, 0.6) is 0 Å². The van der Waals surface area contributed by atoms with Crippen molar-refractivity contribution in [2.45, 2.75) is 18.8 Å². The Bertz CT molecular complexity index is 451. The molecule has 1 aromatic rings. The van der Waals surface area contributed by atoms with Crippen LogP contribution in [0.2, 0.25) is 0 Å². The topological polar surface area (TPSA) is 23.8 Å². The standard InChI is InChI=1S/C10H5F6N/c11-9(12,13)7-3-1-2-6(4-5-17)8(7)10(14,15)16/h1-3H,4H2. The molecule has 0 amide bonds. The third-order valence-electron chi connectivity index (χ3n) is 2.01. The number of benzene rings is 1. The number of hydrogen-bond acceptors (Lipinski definition) is 1. The normalized spacial score (nSPS) is 12.3. The summed E-state index contributed by atoms with van der Waals surface area (Å²) in [5.41, 5.74) is -4.22. The zero-order chi connectivity index (χ0) is 13.3. The summed E-state index contributed by atoms with van der Waals surface area (Å²) in [6, 6.07) is 3.47. The highest BCUT2D eigenvalue weighted by Crippen LogP contribution is 2.41. The minimum Gasteiger partial charge on any atom is -0.198 e. The molecule has 7 heteroatoms. The van der Waals surface area contributed by atoms with Gasteiger partial charge in [0.15, 0.2) is 0 Å². The van der Waals surface area contributed by atoms with Gasteiger partial charge in [-0.25, -0.2) is 0 Å². The maximum atomic E-state index is 12.6. The van der Waals surface area contributed by atoms with Crippen LogP contribution >= 0.6 is 0 Å². The lowest BCUT2D eigenvalue weighted by Crippen LogP contribution is -2.18. The second kappa shape index (κ2) is 4.28. The Labute approximate surface area is 92.3 Å². The highest BCUT2D eigenvalue weighted by molar-refractivity contribution is 5.40. The van der Waals surface area contributed by atoms with E-state index in [4.69, 9.17) is 5.26 Å². The Balaban J connectivity index is 3.53. The molecule has 0 atom stereocenters. The van der Waals surface area contributed by atoms with Crippen molar-refractivity contribution in [1.29, 1.82) is 5.26 Å². The van der Waals surface area contributed by atoms with Crippen molar-refractivity contribution < 1.29 is 26.3 Å². The van der Waals surface area contributed by atoms with Gasteiger partial charge < -0.3 is 0 Å². The van der Waals surface area contributed by atoms with Crippen LogP contribution in [-0.4, -0.2) is 0 Å². The lowest BCUT2D eigenvalue weighted by molar-refractivity contribution is -0.162. The van der Waals surface area contributed by atoms with E-state index in [1.54, 1.807) is 0 Å². The Morgan fingerprint density at radius 2 is 1.59 bits per heavy atom. The molecule has 0 saturated carbocycles. The number of hydrogen-bond donors (Lipinski definition) is 0. The molecule has 0 N–H and O–H groups in total. The summed E-state index contributed by atoms with van der Waals surface area (Å²) in [5, 5.41) is 8.30. The highest BCUT2D eigenvalue weighted by Gasteiger charge is 2.44. The average Bonchev–Trinajstić information content (AvgIpc) is 2.14. The summed E-state index contributed by atoms with van der Waals surface area (Å²) in [6.45, 7) is 0.